The van der Waals surface area contributed by atoms with Crippen LogP contribution in [-0.2, 0) is 9.13 Å². The maximum atomic E-state index is 14.2. The van der Waals surface area contributed by atoms with Crippen molar-refractivity contribution in [2.45, 2.75) is 27.7 Å². The number of rotatable bonds is 2. The highest BCUT2D eigenvalue weighted by Crippen LogP contribution is 2.95. The molecule has 0 unspecified atom stereocenters. The van der Waals surface area contributed by atoms with Gasteiger partial charge in [0.2, 0.25) is 0 Å². The zero-order valence-electron chi connectivity index (χ0n) is 15.3. The van der Waals surface area contributed by atoms with E-state index in [-0.39, 0.29) is 0 Å². The number of benzene rings is 2. The summed E-state index contributed by atoms with van der Waals surface area (Å²) in [7, 11) is -5.54. The molecule has 0 atom stereocenters. The lowest BCUT2D eigenvalue weighted by Gasteiger charge is -2.24. The first-order valence-corrected chi connectivity index (χ1v) is 12.3. The molecule has 2 aromatic carbocycles. The van der Waals surface area contributed by atoms with Crippen molar-refractivity contribution in [3.05, 3.63) is 92.1 Å². The second-order valence-electron chi connectivity index (χ2n) is 7.50. The number of hydrogen-bond donors (Lipinski definition) is 0. The molecular weight excluding hydrogens is 358 g/mol. The molecule has 0 N–H and O–H groups in total. The molecule has 26 heavy (non-hydrogen) atoms. The highest BCUT2D eigenvalue weighted by atomic mass is 31.2. The molecule has 0 spiro atoms. The Hall–Kier alpha value is -1.88. The van der Waals surface area contributed by atoms with Crippen molar-refractivity contribution in [2.75, 3.05) is 0 Å². The summed E-state index contributed by atoms with van der Waals surface area (Å²) in [5, 5.41) is 5.32. The smallest absolute Gasteiger partial charge is 0.174 e. The van der Waals surface area contributed by atoms with E-state index in [0.29, 0.717) is 0 Å². The predicted octanol–water partition coefficient (Wildman–Crippen LogP) is 5.62. The third-order valence-corrected chi connectivity index (χ3v) is 13.0. The van der Waals surface area contributed by atoms with Crippen LogP contribution in [0.3, 0.4) is 0 Å². The fourth-order valence-electron chi connectivity index (χ4n) is 4.82. The number of allylic oxidation sites excluding steroid dienone is 6. The molecule has 0 radical (unpaired) electrons. The molecule has 0 amide bonds. The Balaban J connectivity index is 1.68. The van der Waals surface area contributed by atoms with Crippen molar-refractivity contribution in [3.63, 3.8) is 0 Å². The molecule has 5 rings (SSSR count). The molecule has 2 bridgehead atoms. The number of fused-ring (bicyclic) bond motifs is 4. The summed E-state index contributed by atoms with van der Waals surface area (Å²) >= 11 is 0. The van der Waals surface area contributed by atoms with Crippen LogP contribution in [0.2, 0.25) is 0 Å². The molecule has 0 saturated carbocycles. The normalized spacial score (nSPS) is 20.8. The lowest BCUT2D eigenvalue weighted by Crippen LogP contribution is -2.15. The minimum Gasteiger partial charge on any atom is -0.309 e. The van der Waals surface area contributed by atoms with Gasteiger partial charge >= 0.3 is 0 Å². The van der Waals surface area contributed by atoms with E-state index in [1.54, 1.807) is 0 Å². The predicted molar refractivity (Wildman–Crippen MR) is 110 cm³/mol. The van der Waals surface area contributed by atoms with Crippen molar-refractivity contribution >= 4 is 24.9 Å². The molecule has 0 aromatic heterocycles. The van der Waals surface area contributed by atoms with Crippen molar-refractivity contribution in [3.8, 4) is 0 Å². The van der Waals surface area contributed by atoms with Crippen LogP contribution in [0.5, 0.6) is 0 Å². The van der Waals surface area contributed by atoms with E-state index >= 15 is 0 Å². The topological polar surface area (TPSA) is 34.1 Å². The highest BCUT2D eigenvalue weighted by Gasteiger charge is 2.67. The Morgan fingerprint density at radius 3 is 1.31 bits per heavy atom. The molecule has 3 aliphatic rings. The Morgan fingerprint density at radius 2 is 0.923 bits per heavy atom. The summed E-state index contributed by atoms with van der Waals surface area (Å²) in [4.78, 5) is 0. The Morgan fingerprint density at radius 1 is 0.577 bits per heavy atom. The Kier molecular flexibility index (Phi) is 3.06. The monoisotopic (exact) mass is 378 g/mol. The fraction of sp³-hybridized carbons (Fsp3) is 0.182. The van der Waals surface area contributed by atoms with Gasteiger partial charge in [-0.15, -0.1) is 0 Å². The maximum absolute atomic E-state index is 14.2. The minimum atomic E-state index is -2.83. The van der Waals surface area contributed by atoms with Crippen molar-refractivity contribution < 1.29 is 9.13 Å². The highest BCUT2D eigenvalue weighted by molar-refractivity contribution is 7.95. The summed E-state index contributed by atoms with van der Waals surface area (Å²) in [6, 6.07) is 12.1. The van der Waals surface area contributed by atoms with Crippen LogP contribution in [0.1, 0.15) is 22.3 Å². The molecule has 0 saturated heterocycles. The summed E-state index contributed by atoms with van der Waals surface area (Å²) in [5.41, 5.74) is 4.23. The zero-order chi connectivity index (χ0) is 18.4. The van der Waals surface area contributed by atoms with Gasteiger partial charge in [0.1, 0.15) is 0 Å². The summed E-state index contributed by atoms with van der Waals surface area (Å²) in [5.74, 6) is 0. The Labute approximate surface area is 154 Å². The average Bonchev–Trinajstić information content (AvgIpc) is 2.94. The molecule has 3 aliphatic heterocycles. The van der Waals surface area contributed by atoms with Crippen LogP contribution < -0.4 is 10.6 Å². The van der Waals surface area contributed by atoms with Gasteiger partial charge in [-0.05, 0) is 62.1 Å². The molecular formula is C22H20O2P2. The van der Waals surface area contributed by atoms with Crippen LogP contribution in [0.4, 0.5) is 0 Å². The van der Waals surface area contributed by atoms with Crippen molar-refractivity contribution in [2.24, 2.45) is 0 Å². The summed E-state index contributed by atoms with van der Waals surface area (Å²) < 4.78 is 28.2. The first-order valence-electron chi connectivity index (χ1n) is 8.86. The fourth-order valence-corrected chi connectivity index (χ4v) is 13.3. The minimum absolute atomic E-state index is 0.825. The lowest BCUT2D eigenvalue weighted by molar-refractivity contribution is 0.587. The molecule has 130 valence electrons. The van der Waals surface area contributed by atoms with Crippen LogP contribution in [-0.4, -0.2) is 0 Å². The van der Waals surface area contributed by atoms with Crippen LogP contribution in [0, 0.1) is 27.7 Å². The second-order valence-corrected chi connectivity index (χ2v) is 12.7. The van der Waals surface area contributed by atoms with Gasteiger partial charge in [0.25, 0.3) is 0 Å². The molecule has 3 heterocycles. The summed E-state index contributed by atoms with van der Waals surface area (Å²) in [6.07, 6.45) is 3.90. The van der Waals surface area contributed by atoms with Gasteiger partial charge in [-0.1, -0.05) is 36.4 Å². The lowest BCUT2D eigenvalue weighted by atomic mass is 10.2. The van der Waals surface area contributed by atoms with Crippen molar-refractivity contribution in [1.29, 1.82) is 0 Å². The van der Waals surface area contributed by atoms with Gasteiger partial charge in [0.05, 0.1) is 0 Å². The molecule has 2 nitrogen and oxygen atoms in total. The van der Waals surface area contributed by atoms with Crippen LogP contribution >= 0.6 is 14.3 Å². The van der Waals surface area contributed by atoms with Gasteiger partial charge in [0.15, 0.2) is 14.3 Å². The largest absolute Gasteiger partial charge is 0.309 e. The third kappa shape index (κ3) is 1.66. The Bertz CT molecular complexity index is 1140. The van der Waals surface area contributed by atoms with E-state index in [9.17, 15) is 9.13 Å². The van der Waals surface area contributed by atoms with E-state index in [2.05, 4.69) is 0 Å². The van der Waals surface area contributed by atoms with Gasteiger partial charge < -0.3 is 9.13 Å². The first kappa shape index (κ1) is 16.3. The standard InChI is InChI=1S/C22H20O2P2/c1-13-7-5-8-14(2)19(13)25(23)17-11-12-18(25)22-21(17)26(22,24)20-15(3)9-6-10-16(20)4/h5-12H,1-4H3. The van der Waals surface area contributed by atoms with Crippen LogP contribution in [0.25, 0.3) is 0 Å². The second kappa shape index (κ2) is 4.89. The van der Waals surface area contributed by atoms with Crippen molar-refractivity contribution in [1.82, 2.24) is 0 Å². The number of hydrogen-bond acceptors (Lipinski definition) is 2. The van der Waals surface area contributed by atoms with E-state index < -0.39 is 14.3 Å². The van der Waals surface area contributed by atoms with E-state index in [0.717, 1.165) is 54.1 Å². The van der Waals surface area contributed by atoms with Gasteiger partial charge in [0, 0.05) is 31.9 Å². The quantitative estimate of drug-likeness (QED) is 0.636. The van der Waals surface area contributed by atoms with E-state index in [1.807, 2.05) is 76.2 Å². The average molecular weight is 378 g/mol. The third-order valence-electron chi connectivity index (χ3n) is 5.88. The first-order chi connectivity index (χ1) is 12.3. The van der Waals surface area contributed by atoms with Crippen LogP contribution in [0.15, 0.2) is 69.8 Å². The SMILES string of the molecule is Cc1cccc(C)c1P1(=O)C2=CC=C1C1=C2P1(=O)c1c(C)cccc1C. The summed E-state index contributed by atoms with van der Waals surface area (Å²) in [6.45, 7) is 8.08. The molecule has 4 heteroatoms. The molecule has 0 aliphatic carbocycles. The van der Waals surface area contributed by atoms with E-state index in [1.165, 1.54) is 0 Å². The number of aryl methyl sites for hydroxylation is 4. The zero-order valence-corrected chi connectivity index (χ0v) is 17.1. The maximum Gasteiger partial charge on any atom is 0.174 e. The molecule has 0 fully saturated rings. The van der Waals surface area contributed by atoms with Gasteiger partial charge in [-0.3, -0.25) is 0 Å². The van der Waals surface area contributed by atoms with Gasteiger partial charge in [-0.25, -0.2) is 0 Å². The van der Waals surface area contributed by atoms with E-state index in [4.69, 9.17) is 0 Å². The van der Waals surface area contributed by atoms with Gasteiger partial charge in [-0.2, -0.15) is 0 Å². The molecule has 2 aromatic rings.